The fourth-order valence-corrected chi connectivity index (χ4v) is 3.65. The van der Waals surface area contributed by atoms with Crippen LogP contribution in [0.15, 0.2) is 36.4 Å². The first-order chi connectivity index (χ1) is 13.1. The Hall–Kier alpha value is -2.29. The van der Waals surface area contributed by atoms with Gasteiger partial charge in [0.25, 0.3) is 0 Å². The number of amides is 2. The Kier molecular flexibility index (Phi) is 7.29. The first-order valence-electron chi connectivity index (χ1n) is 10.5. The van der Waals surface area contributed by atoms with Gasteiger partial charge in [-0.15, -0.1) is 0 Å². The lowest BCUT2D eigenvalue weighted by Gasteiger charge is -2.23. The lowest BCUT2D eigenvalue weighted by Crippen LogP contribution is -2.23. The molecule has 0 spiro atoms. The van der Waals surface area contributed by atoms with Gasteiger partial charge >= 0.3 is 6.03 Å². The molecule has 0 saturated carbocycles. The van der Waals surface area contributed by atoms with Gasteiger partial charge in [0.2, 0.25) is 0 Å². The molecule has 3 heteroatoms. The molecule has 0 bridgehead atoms. The molecule has 0 atom stereocenters. The summed E-state index contributed by atoms with van der Waals surface area (Å²) in [7, 11) is 0. The summed E-state index contributed by atoms with van der Waals surface area (Å²) in [6.45, 7) is 17.3. The predicted molar refractivity (Wildman–Crippen MR) is 122 cm³/mol. The highest BCUT2D eigenvalue weighted by molar-refractivity contribution is 6.02. The number of hydrogen-bond acceptors (Lipinski definition) is 1. The molecule has 2 aromatic rings. The van der Waals surface area contributed by atoms with E-state index in [4.69, 9.17) is 0 Å². The van der Waals surface area contributed by atoms with Crippen LogP contribution < -0.4 is 10.6 Å². The number of carbonyl (C=O) groups is 1. The molecule has 0 saturated heterocycles. The van der Waals surface area contributed by atoms with E-state index in [0.29, 0.717) is 23.7 Å². The van der Waals surface area contributed by atoms with Gasteiger partial charge in [-0.3, -0.25) is 0 Å². The topological polar surface area (TPSA) is 41.1 Å². The van der Waals surface area contributed by atoms with Crippen molar-refractivity contribution in [2.45, 2.75) is 79.1 Å². The van der Waals surface area contributed by atoms with Crippen LogP contribution in [-0.2, 0) is 0 Å². The molecule has 3 nitrogen and oxygen atoms in total. The molecule has 2 amide bonds. The van der Waals surface area contributed by atoms with E-state index in [1.54, 1.807) is 0 Å². The molecule has 0 aliphatic heterocycles. The highest BCUT2D eigenvalue weighted by Gasteiger charge is 2.19. The number of para-hydroxylation sites is 2. The summed E-state index contributed by atoms with van der Waals surface area (Å²) < 4.78 is 0. The van der Waals surface area contributed by atoms with Gasteiger partial charge in [-0.2, -0.15) is 0 Å². The van der Waals surface area contributed by atoms with Gasteiger partial charge in [0.05, 0.1) is 0 Å². The van der Waals surface area contributed by atoms with Crippen LogP contribution in [0.2, 0.25) is 0 Å². The first-order valence-corrected chi connectivity index (χ1v) is 10.5. The van der Waals surface area contributed by atoms with E-state index in [-0.39, 0.29) is 6.03 Å². The van der Waals surface area contributed by atoms with E-state index in [1.165, 1.54) is 22.3 Å². The maximum absolute atomic E-state index is 13.1. The standard InChI is InChI=1S/C25H36N2O/c1-15(2)19-11-9-12-20(16(3)4)23(19)26-25(28)27-24-21(17(5)6)13-10-14-22(24)18(7)8/h9-18H,1-8H3,(H2,26,27,28). The van der Waals surface area contributed by atoms with Gasteiger partial charge in [-0.25, -0.2) is 4.79 Å². The van der Waals surface area contributed by atoms with Crippen molar-refractivity contribution in [1.82, 2.24) is 0 Å². The van der Waals surface area contributed by atoms with Crippen LogP contribution >= 0.6 is 0 Å². The number of nitrogens with one attached hydrogen (secondary N) is 2. The van der Waals surface area contributed by atoms with Gasteiger partial charge < -0.3 is 10.6 Å². The minimum absolute atomic E-state index is 0.176. The molecular formula is C25H36N2O. The molecule has 0 radical (unpaired) electrons. The van der Waals surface area contributed by atoms with Crippen LogP contribution in [0.1, 0.15) is 101 Å². The zero-order valence-corrected chi connectivity index (χ0v) is 18.7. The Bertz CT molecular complexity index is 699. The largest absolute Gasteiger partial charge is 0.323 e. The summed E-state index contributed by atoms with van der Waals surface area (Å²) in [6, 6.07) is 12.4. The van der Waals surface area contributed by atoms with Crippen molar-refractivity contribution in [3.8, 4) is 0 Å². The Morgan fingerprint density at radius 1 is 0.571 bits per heavy atom. The highest BCUT2D eigenvalue weighted by atomic mass is 16.2. The summed E-state index contributed by atoms with van der Waals surface area (Å²) in [4.78, 5) is 13.1. The van der Waals surface area contributed by atoms with E-state index < -0.39 is 0 Å². The number of anilines is 2. The Morgan fingerprint density at radius 2 is 0.821 bits per heavy atom. The summed E-state index contributed by atoms with van der Waals surface area (Å²) in [5.41, 5.74) is 6.56. The second-order valence-electron chi connectivity index (χ2n) is 8.82. The number of hydrogen-bond donors (Lipinski definition) is 2. The quantitative estimate of drug-likeness (QED) is 0.527. The lowest BCUT2D eigenvalue weighted by molar-refractivity contribution is 0.262. The molecule has 28 heavy (non-hydrogen) atoms. The van der Waals surface area contributed by atoms with Crippen LogP contribution in [0.5, 0.6) is 0 Å². The first kappa shape index (κ1) is 22.0. The van der Waals surface area contributed by atoms with Crippen LogP contribution in [-0.4, -0.2) is 6.03 Å². The summed E-state index contributed by atoms with van der Waals surface area (Å²) in [5.74, 6) is 1.35. The van der Waals surface area contributed by atoms with Gasteiger partial charge in [0.1, 0.15) is 0 Å². The Morgan fingerprint density at radius 3 is 1.04 bits per heavy atom. The molecular weight excluding hydrogens is 344 g/mol. The van der Waals surface area contributed by atoms with Crippen molar-refractivity contribution < 1.29 is 4.79 Å². The highest BCUT2D eigenvalue weighted by Crippen LogP contribution is 2.34. The third-order valence-electron chi connectivity index (χ3n) is 5.22. The fraction of sp³-hybridized carbons (Fsp3) is 0.480. The van der Waals surface area contributed by atoms with Crippen LogP contribution in [0, 0.1) is 0 Å². The van der Waals surface area contributed by atoms with Crippen LogP contribution in [0.3, 0.4) is 0 Å². The molecule has 0 aliphatic rings. The van der Waals surface area contributed by atoms with Gasteiger partial charge in [0.15, 0.2) is 0 Å². The second-order valence-corrected chi connectivity index (χ2v) is 8.82. The third-order valence-corrected chi connectivity index (χ3v) is 5.22. The summed E-state index contributed by atoms with van der Waals surface area (Å²) in [5, 5.41) is 6.35. The van der Waals surface area contributed by atoms with E-state index in [0.717, 1.165) is 11.4 Å². The summed E-state index contributed by atoms with van der Waals surface area (Å²) >= 11 is 0. The van der Waals surface area contributed by atoms with Crippen LogP contribution in [0.25, 0.3) is 0 Å². The average Bonchev–Trinajstić information content (AvgIpc) is 2.61. The van der Waals surface area contributed by atoms with Crippen molar-refractivity contribution in [3.05, 3.63) is 58.7 Å². The minimum Gasteiger partial charge on any atom is -0.307 e. The van der Waals surface area contributed by atoms with Gasteiger partial charge in [-0.05, 0) is 45.9 Å². The van der Waals surface area contributed by atoms with E-state index in [9.17, 15) is 4.79 Å². The molecule has 0 aliphatic carbocycles. The van der Waals surface area contributed by atoms with E-state index in [1.807, 2.05) is 0 Å². The van der Waals surface area contributed by atoms with Crippen molar-refractivity contribution in [3.63, 3.8) is 0 Å². The third kappa shape index (κ3) is 4.95. The SMILES string of the molecule is CC(C)c1cccc(C(C)C)c1NC(=O)Nc1c(C(C)C)cccc1C(C)C. The molecule has 0 heterocycles. The number of carbonyl (C=O) groups excluding carboxylic acids is 1. The van der Waals surface area contributed by atoms with Crippen LogP contribution in [0.4, 0.5) is 16.2 Å². The van der Waals surface area contributed by atoms with E-state index >= 15 is 0 Å². The molecule has 2 rings (SSSR count). The molecule has 0 aromatic heterocycles. The Balaban J connectivity index is 2.41. The Labute approximate surface area is 170 Å². The number of benzene rings is 2. The molecule has 2 aromatic carbocycles. The van der Waals surface area contributed by atoms with Gasteiger partial charge in [-0.1, -0.05) is 91.8 Å². The number of rotatable bonds is 6. The maximum Gasteiger partial charge on any atom is 0.323 e. The number of urea groups is 1. The zero-order chi connectivity index (χ0) is 21.0. The fourth-order valence-electron chi connectivity index (χ4n) is 3.65. The smallest absolute Gasteiger partial charge is 0.307 e. The monoisotopic (exact) mass is 380 g/mol. The molecule has 2 N–H and O–H groups in total. The van der Waals surface area contributed by atoms with Crippen molar-refractivity contribution in [2.75, 3.05) is 10.6 Å². The normalized spacial score (nSPS) is 11.6. The maximum atomic E-state index is 13.1. The minimum atomic E-state index is -0.176. The second kappa shape index (κ2) is 9.27. The summed E-state index contributed by atoms with van der Waals surface area (Å²) in [6.07, 6.45) is 0. The average molecular weight is 381 g/mol. The van der Waals surface area contributed by atoms with Gasteiger partial charge in [0, 0.05) is 11.4 Å². The van der Waals surface area contributed by atoms with E-state index in [2.05, 4.69) is 102 Å². The van der Waals surface area contributed by atoms with Crippen molar-refractivity contribution in [1.29, 1.82) is 0 Å². The van der Waals surface area contributed by atoms with Crippen molar-refractivity contribution in [2.24, 2.45) is 0 Å². The van der Waals surface area contributed by atoms with Crippen molar-refractivity contribution >= 4 is 17.4 Å². The lowest BCUT2D eigenvalue weighted by atomic mass is 9.92. The molecule has 152 valence electrons. The predicted octanol–water partition coefficient (Wildman–Crippen LogP) is 7.82. The molecule has 0 fully saturated rings. The molecule has 0 unspecified atom stereocenters. The zero-order valence-electron chi connectivity index (χ0n) is 18.7.